The third-order valence-corrected chi connectivity index (χ3v) is 7.08. The van der Waals surface area contributed by atoms with E-state index in [1.807, 2.05) is 0 Å². The number of aromatic hydroxyl groups is 1. The molecule has 4 bridgehead atoms. The molecule has 184 valence electrons. The molecule has 2 aromatic heterocycles. The van der Waals surface area contributed by atoms with Crippen molar-refractivity contribution in [2.75, 3.05) is 12.3 Å². The number of aromatic nitrogens is 4. The number of ether oxygens (including phenoxy) is 1. The number of nitrogens with one attached hydrogen (secondary N) is 1. The van der Waals surface area contributed by atoms with Crippen LogP contribution in [-0.2, 0) is 19.5 Å². The van der Waals surface area contributed by atoms with Crippen LogP contribution in [0.25, 0.3) is 22.3 Å². The molecule has 2 aromatic carbocycles. The summed E-state index contributed by atoms with van der Waals surface area (Å²) in [4.78, 5) is 12.8. The Morgan fingerprint density at radius 2 is 1.92 bits per heavy atom. The van der Waals surface area contributed by atoms with Crippen LogP contribution in [0.2, 0.25) is 0 Å². The lowest BCUT2D eigenvalue weighted by Crippen LogP contribution is -2.34. The second kappa shape index (κ2) is 9.62. The van der Waals surface area contributed by atoms with E-state index in [1.165, 1.54) is 41.5 Å². The molecule has 1 aliphatic heterocycles. The quantitative estimate of drug-likeness (QED) is 0.371. The van der Waals surface area contributed by atoms with E-state index in [4.69, 9.17) is 10.5 Å². The molecule has 3 heterocycles. The highest BCUT2D eigenvalue weighted by molar-refractivity contribution is 5.83. The average molecular weight is 483 g/mol. The Morgan fingerprint density at radius 3 is 2.72 bits per heavy atom. The Labute approximate surface area is 209 Å². The molecule has 0 saturated heterocycles. The fourth-order valence-corrected chi connectivity index (χ4v) is 4.80. The summed E-state index contributed by atoms with van der Waals surface area (Å²) in [5, 5.41) is 14.2. The van der Waals surface area contributed by atoms with E-state index in [2.05, 4.69) is 74.9 Å². The average Bonchev–Trinajstić information content (AvgIpc) is 3.16. The van der Waals surface area contributed by atoms with Gasteiger partial charge < -0.3 is 20.9 Å². The van der Waals surface area contributed by atoms with E-state index in [9.17, 15) is 5.11 Å². The molecule has 4 aromatic rings. The summed E-state index contributed by atoms with van der Waals surface area (Å²) in [6, 6.07) is 16.0. The van der Waals surface area contributed by atoms with Crippen LogP contribution in [0.1, 0.15) is 42.4 Å². The lowest BCUT2D eigenvalue weighted by atomic mass is 9.92. The van der Waals surface area contributed by atoms with Crippen LogP contribution >= 0.6 is 0 Å². The van der Waals surface area contributed by atoms with E-state index in [-0.39, 0.29) is 17.8 Å². The van der Waals surface area contributed by atoms with Crippen LogP contribution in [0.3, 0.4) is 0 Å². The molecule has 6 rings (SSSR count). The maximum absolute atomic E-state index is 10.6. The van der Waals surface area contributed by atoms with Crippen molar-refractivity contribution in [1.82, 2.24) is 24.8 Å². The molecule has 0 spiro atoms. The highest BCUT2D eigenvalue weighted by atomic mass is 16.5. The predicted molar refractivity (Wildman–Crippen MR) is 140 cm³/mol. The van der Waals surface area contributed by atoms with Crippen LogP contribution in [-0.4, -0.2) is 37.3 Å². The molecule has 0 amide bonds. The Balaban J connectivity index is 1.33. The van der Waals surface area contributed by atoms with Crippen LogP contribution in [0, 0.1) is 0 Å². The predicted octanol–water partition coefficient (Wildman–Crippen LogP) is 4.35. The van der Waals surface area contributed by atoms with Crippen LogP contribution in [0.5, 0.6) is 12.0 Å². The van der Waals surface area contributed by atoms with Crippen molar-refractivity contribution < 1.29 is 9.84 Å². The third-order valence-electron chi connectivity index (χ3n) is 7.08. The Morgan fingerprint density at radius 1 is 1.06 bits per heavy atom. The normalized spacial score (nSPS) is 16.9. The number of fused-ring (bicyclic) bond motifs is 3. The number of imidazole rings is 1. The molecule has 8 nitrogen and oxygen atoms in total. The zero-order valence-electron chi connectivity index (χ0n) is 20.2. The first-order chi connectivity index (χ1) is 17.6. The Hall–Kier alpha value is -3.91. The van der Waals surface area contributed by atoms with Gasteiger partial charge in [0.1, 0.15) is 0 Å². The lowest BCUT2D eigenvalue weighted by Gasteiger charge is -2.26. The molecular formula is C28H30N6O2. The molecule has 0 atom stereocenters. The summed E-state index contributed by atoms with van der Waals surface area (Å²) in [7, 11) is 0. The van der Waals surface area contributed by atoms with Gasteiger partial charge in [0.25, 0.3) is 6.01 Å². The van der Waals surface area contributed by atoms with Gasteiger partial charge in [0, 0.05) is 12.6 Å². The van der Waals surface area contributed by atoms with Gasteiger partial charge in [-0.05, 0) is 53.5 Å². The first-order valence-corrected chi connectivity index (χ1v) is 12.6. The van der Waals surface area contributed by atoms with Crippen molar-refractivity contribution in [2.45, 2.75) is 51.2 Å². The number of hydrogen-bond donors (Lipinski definition) is 3. The first-order valence-electron chi connectivity index (χ1n) is 12.6. The second-order valence-corrected chi connectivity index (χ2v) is 9.57. The molecule has 0 radical (unpaired) electrons. The van der Waals surface area contributed by atoms with Gasteiger partial charge in [-0.3, -0.25) is 4.57 Å². The van der Waals surface area contributed by atoms with E-state index in [0.717, 1.165) is 24.9 Å². The molecule has 2 aliphatic rings. The number of allylic oxidation sites excluding steroid dienone is 1. The molecular weight excluding hydrogens is 452 g/mol. The summed E-state index contributed by atoms with van der Waals surface area (Å²) in [6.45, 7) is 1.76. The zero-order chi connectivity index (χ0) is 24.5. The third kappa shape index (κ3) is 4.52. The smallest absolute Gasteiger partial charge is 0.320 e. The highest BCUT2D eigenvalue weighted by Crippen LogP contribution is 2.30. The minimum Gasteiger partial charge on any atom is -0.480 e. The minimum atomic E-state index is -0.146. The van der Waals surface area contributed by atoms with Crippen molar-refractivity contribution in [3.63, 3.8) is 0 Å². The molecule has 1 saturated carbocycles. The fraction of sp³-hybridized carbons (Fsp3) is 0.321. The summed E-state index contributed by atoms with van der Waals surface area (Å²) < 4.78 is 7.36. The number of nitrogens with two attached hydrogens (primary N) is 1. The van der Waals surface area contributed by atoms with E-state index < -0.39 is 0 Å². The van der Waals surface area contributed by atoms with Crippen LogP contribution < -0.4 is 15.8 Å². The van der Waals surface area contributed by atoms with Crippen molar-refractivity contribution in [3.05, 3.63) is 71.3 Å². The van der Waals surface area contributed by atoms with Gasteiger partial charge in [-0.1, -0.05) is 61.0 Å². The van der Waals surface area contributed by atoms with Crippen molar-refractivity contribution in [3.8, 4) is 23.1 Å². The van der Waals surface area contributed by atoms with E-state index in [1.54, 1.807) is 4.57 Å². The zero-order valence-corrected chi connectivity index (χ0v) is 20.2. The van der Waals surface area contributed by atoms with Crippen molar-refractivity contribution in [1.29, 1.82) is 0 Å². The molecule has 36 heavy (non-hydrogen) atoms. The number of benzene rings is 2. The van der Waals surface area contributed by atoms with Gasteiger partial charge in [-0.25, -0.2) is 0 Å². The monoisotopic (exact) mass is 482 g/mol. The van der Waals surface area contributed by atoms with Gasteiger partial charge >= 0.3 is 6.01 Å². The summed E-state index contributed by atoms with van der Waals surface area (Å²) in [5.41, 5.74) is 12.9. The van der Waals surface area contributed by atoms with Crippen LogP contribution in [0.15, 0.2) is 54.6 Å². The summed E-state index contributed by atoms with van der Waals surface area (Å²) in [5.74, 6) is 0.189. The van der Waals surface area contributed by atoms with E-state index >= 15 is 0 Å². The van der Waals surface area contributed by atoms with Crippen molar-refractivity contribution >= 4 is 17.0 Å². The highest BCUT2D eigenvalue weighted by Gasteiger charge is 2.18. The minimum absolute atomic E-state index is 0.146. The van der Waals surface area contributed by atoms with Gasteiger partial charge in [-0.15, -0.1) is 0 Å². The maximum Gasteiger partial charge on any atom is 0.320 e. The largest absolute Gasteiger partial charge is 0.480 e. The van der Waals surface area contributed by atoms with Crippen molar-refractivity contribution in [2.24, 2.45) is 0 Å². The number of anilines is 1. The molecule has 4 N–H and O–H groups in total. The topological polar surface area (TPSA) is 111 Å². The standard InChI is InChI=1S/C28H30N6O2/c29-25-24-26-33-27(32-25)36-14-3-1-2-5-21-15-19(17-34(26)28(35)31-24)10-13-23(21)20-11-8-18(9-12-20)16-30-22-6-4-7-22/h1-2,8-13,15,22,30H,3-7,14,16-17H2,(H,31,35)(H2,29,32,33)/b2-1+. The second-order valence-electron chi connectivity index (χ2n) is 9.57. The summed E-state index contributed by atoms with van der Waals surface area (Å²) >= 11 is 0. The number of nitrogens with zero attached hydrogens (tertiary/aromatic N) is 4. The molecule has 1 fully saturated rings. The van der Waals surface area contributed by atoms with Gasteiger partial charge in [0.2, 0.25) is 0 Å². The number of rotatable bonds is 4. The number of hydrogen-bond acceptors (Lipinski definition) is 7. The first kappa shape index (κ1) is 22.5. The molecule has 1 aliphatic carbocycles. The van der Waals surface area contributed by atoms with Gasteiger partial charge in [-0.2, -0.15) is 15.0 Å². The van der Waals surface area contributed by atoms with Crippen LogP contribution in [0.4, 0.5) is 5.82 Å². The van der Waals surface area contributed by atoms with Gasteiger partial charge in [0.15, 0.2) is 17.0 Å². The SMILES string of the molecule is Nc1nc2nc3c1nc(O)n3Cc1ccc(-c3ccc(CNC4CCC4)cc3)c(c1)C/C=C/CCO2. The molecule has 0 unspecified atom stereocenters. The fourth-order valence-electron chi connectivity index (χ4n) is 4.80. The summed E-state index contributed by atoms with van der Waals surface area (Å²) in [6.07, 6.45) is 9.75. The Bertz CT molecular complexity index is 1420. The maximum atomic E-state index is 10.6. The lowest BCUT2D eigenvalue weighted by molar-refractivity contribution is 0.300. The molecule has 8 heteroatoms. The Kier molecular flexibility index (Phi) is 6.03. The number of nitrogen functional groups attached to an aromatic ring is 1. The van der Waals surface area contributed by atoms with Gasteiger partial charge in [0.05, 0.1) is 13.2 Å². The van der Waals surface area contributed by atoms with E-state index in [0.29, 0.717) is 30.4 Å².